The van der Waals surface area contributed by atoms with E-state index in [-0.39, 0.29) is 0 Å². The van der Waals surface area contributed by atoms with Crippen molar-refractivity contribution < 1.29 is 4.84 Å². The van der Waals surface area contributed by atoms with Crippen LogP contribution in [0.15, 0.2) is 29.4 Å². The summed E-state index contributed by atoms with van der Waals surface area (Å²) in [4.78, 5) is 5.07. The first-order valence-electron chi connectivity index (χ1n) is 4.95. The highest BCUT2D eigenvalue weighted by Crippen LogP contribution is 2.26. The monoisotopic (exact) mass is 199 g/mol. The van der Waals surface area contributed by atoms with Crippen molar-refractivity contribution in [2.75, 3.05) is 0 Å². The Morgan fingerprint density at radius 2 is 2.33 bits per heavy atom. The van der Waals surface area contributed by atoms with Gasteiger partial charge in [-0.2, -0.15) is 5.26 Å². The van der Waals surface area contributed by atoms with Crippen LogP contribution < -0.4 is 0 Å². The minimum atomic E-state index is 0.398. The van der Waals surface area contributed by atoms with Crippen molar-refractivity contribution in [1.82, 2.24) is 0 Å². The van der Waals surface area contributed by atoms with Crippen molar-refractivity contribution in [3.63, 3.8) is 0 Å². The predicted octanol–water partition coefficient (Wildman–Crippen LogP) is 2.35. The van der Waals surface area contributed by atoms with Crippen LogP contribution in [0.5, 0.6) is 0 Å². The third kappa shape index (κ3) is 3.10. The van der Waals surface area contributed by atoms with E-state index in [0.29, 0.717) is 18.1 Å². The van der Waals surface area contributed by atoms with E-state index in [4.69, 9.17) is 10.1 Å². The molecule has 1 saturated carbocycles. The van der Waals surface area contributed by atoms with Gasteiger partial charge in [-0.15, -0.1) is 0 Å². The van der Waals surface area contributed by atoms with Crippen molar-refractivity contribution in [2.24, 2.45) is 11.1 Å². The maximum atomic E-state index is 8.69. The molecule has 0 N–H and O–H groups in total. The topological polar surface area (TPSA) is 45.4 Å². The SMILES string of the molecule is N#Cc1cccc(CO/N=[C]\C2CC2)c1. The lowest BCUT2D eigenvalue weighted by atomic mass is 10.1. The summed E-state index contributed by atoms with van der Waals surface area (Å²) in [6.45, 7) is 0.398. The highest BCUT2D eigenvalue weighted by Gasteiger charge is 2.19. The summed E-state index contributed by atoms with van der Waals surface area (Å²) in [6.07, 6.45) is 5.25. The van der Waals surface area contributed by atoms with Crippen LogP contribution in [0, 0.1) is 17.2 Å². The van der Waals surface area contributed by atoms with Gasteiger partial charge in [0.15, 0.2) is 0 Å². The summed E-state index contributed by atoms with van der Waals surface area (Å²) in [6, 6.07) is 9.40. The van der Waals surface area contributed by atoms with Gasteiger partial charge < -0.3 is 4.84 Å². The van der Waals surface area contributed by atoms with Gasteiger partial charge in [-0.3, -0.25) is 0 Å². The lowest BCUT2D eigenvalue weighted by Crippen LogP contribution is -1.88. The minimum absolute atomic E-state index is 0.398. The maximum absolute atomic E-state index is 8.69. The van der Waals surface area contributed by atoms with E-state index in [0.717, 1.165) is 5.56 Å². The molecule has 0 aromatic heterocycles. The van der Waals surface area contributed by atoms with Crippen molar-refractivity contribution in [3.05, 3.63) is 35.4 Å². The Balaban J connectivity index is 1.84. The summed E-state index contributed by atoms with van der Waals surface area (Å²) in [7, 11) is 0. The summed E-state index contributed by atoms with van der Waals surface area (Å²) in [5.74, 6) is 0.510. The predicted molar refractivity (Wildman–Crippen MR) is 56.1 cm³/mol. The Hall–Kier alpha value is -1.82. The lowest BCUT2D eigenvalue weighted by molar-refractivity contribution is 0.131. The van der Waals surface area contributed by atoms with E-state index in [9.17, 15) is 0 Å². The Morgan fingerprint density at radius 1 is 1.47 bits per heavy atom. The summed E-state index contributed by atoms with van der Waals surface area (Å²) >= 11 is 0. The van der Waals surface area contributed by atoms with Gasteiger partial charge in [0.1, 0.15) is 12.8 Å². The maximum Gasteiger partial charge on any atom is 0.142 e. The van der Waals surface area contributed by atoms with E-state index in [2.05, 4.69) is 17.4 Å². The molecule has 0 unspecified atom stereocenters. The van der Waals surface area contributed by atoms with E-state index >= 15 is 0 Å². The second kappa shape index (κ2) is 4.61. The molecule has 0 spiro atoms. The van der Waals surface area contributed by atoms with Gasteiger partial charge in [-0.1, -0.05) is 17.3 Å². The largest absolute Gasteiger partial charge is 0.391 e. The number of nitriles is 1. The van der Waals surface area contributed by atoms with Gasteiger partial charge >= 0.3 is 0 Å². The summed E-state index contributed by atoms with van der Waals surface area (Å²) in [5, 5.41) is 12.4. The van der Waals surface area contributed by atoms with Crippen molar-refractivity contribution in [2.45, 2.75) is 19.4 Å². The quantitative estimate of drug-likeness (QED) is 0.552. The molecular formula is C12H11N2O. The summed E-state index contributed by atoms with van der Waals surface area (Å²) in [5.41, 5.74) is 1.60. The van der Waals surface area contributed by atoms with Gasteiger partial charge in [0.2, 0.25) is 0 Å². The zero-order valence-corrected chi connectivity index (χ0v) is 8.31. The molecular weight excluding hydrogens is 188 g/mol. The molecule has 2 rings (SSSR count). The van der Waals surface area contributed by atoms with Crippen LogP contribution in [-0.4, -0.2) is 6.21 Å². The van der Waals surface area contributed by atoms with Gasteiger partial charge in [-0.05, 0) is 30.5 Å². The van der Waals surface area contributed by atoms with E-state index < -0.39 is 0 Å². The molecule has 0 amide bonds. The van der Waals surface area contributed by atoms with Crippen molar-refractivity contribution >= 4 is 6.21 Å². The van der Waals surface area contributed by atoms with Crippen LogP contribution in [0.4, 0.5) is 0 Å². The number of hydrogen-bond donors (Lipinski definition) is 0. The van der Waals surface area contributed by atoms with Crippen molar-refractivity contribution in [1.29, 1.82) is 5.26 Å². The van der Waals surface area contributed by atoms with Crippen LogP contribution >= 0.6 is 0 Å². The number of benzene rings is 1. The highest BCUT2D eigenvalue weighted by atomic mass is 16.6. The van der Waals surface area contributed by atoms with Crippen LogP contribution in [0.25, 0.3) is 0 Å². The fourth-order valence-corrected chi connectivity index (χ4v) is 1.16. The second-order valence-corrected chi connectivity index (χ2v) is 3.58. The highest BCUT2D eigenvalue weighted by molar-refractivity contribution is 5.62. The molecule has 3 nitrogen and oxygen atoms in total. The molecule has 15 heavy (non-hydrogen) atoms. The average Bonchev–Trinajstić information content (AvgIpc) is 3.09. The van der Waals surface area contributed by atoms with E-state index in [1.807, 2.05) is 12.1 Å². The molecule has 1 aromatic rings. The number of rotatable bonds is 4. The standard InChI is InChI=1S/C12H11N2O/c13-7-11-2-1-3-12(6-11)9-15-14-8-10-4-5-10/h1-3,6,10H,4-5,9H2. The minimum Gasteiger partial charge on any atom is -0.391 e. The Labute approximate surface area is 89.0 Å². The van der Waals surface area contributed by atoms with Crippen LogP contribution in [0.3, 0.4) is 0 Å². The first-order chi connectivity index (χ1) is 7.38. The van der Waals surface area contributed by atoms with Gasteiger partial charge in [0, 0.05) is 5.92 Å². The van der Waals surface area contributed by atoms with E-state index in [1.54, 1.807) is 12.1 Å². The molecule has 3 heteroatoms. The fraction of sp³-hybridized carbons (Fsp3) is 0.333. The molecule has 0 aliphatic heterocycles. The zero-order chi connectivity index (χ0) is 10.5. The normalized spacial score (nSPS) is 15.1. The fourth-order valence-electron chi connectivity index (χ4n) is 1.16. The first-order valence-corrected chi connectivity index (χ1v) is 4.95. The zero-order valence-electron chi connectivity index (χ0n) is 8.31. The molecule has 1 radical (unpaired) electrons. The Morgan fingerprint density at radius 3 is 3.07 bits per heavy atom. The first kappa shape index (κ1) is 9.72. The van der Waals surface area contributed by atoms with Crippen LogP contribution in [0.2, 0.25) is 0 Å². The molecule has 0 heterocycles. The Kier molecular flexibility index (Phi) is 2.99. The molecule has 0 saturated heterocycles. The second-order valence-electron chi connectivity index (χ2n) is 3.58. The third-order valence-corrected chi connectivity index (χ3v) is 2.16. The smallest absolute Gasteiger partial charge is 0.142 e. The van der Waals surface area contributed by atoms with Gasteiger partial charge in [-0.25, -0.2) is 0 Å². The third-order valence-electron chi connectivity index (χ3n) is 2.16. The van der Waals surface area contributed by atoms with Crippen LogP contribution in [0.1, 0.15) is 24.0 Å². The molecule has 1 aliphatic rings. The molecule has 0 bridgehead atoms. The molecule has 0 atom stereocenters. The average molecular weight is 199 g/mol. The van der Waals surface area contributed by atoms with Crippen molar-refractivity contribution in [3.8, 4) is 6.07 Å². The Bertz CT molecular complexity index is 402. The lowest BCUT2D eigenvalue weighted by Gasteiger charge is -1.99. The van der Waals surface area contributed by atoms with Gasteiger partial charge in [0.25, 0.3) is 0 Å². The molecule has 1 fully saturated rings. The van der Waals surface area contributed by atoms with Gasteiger partial charge in [0.05, 0.1) is 11.6 Å². The summed E-state index contributed by atoms with van der Waals surface area (Å²) < 4.78 is 0. The molecule has 75 valence electrons. The van der Waals surface area contributed by atoms with Crippen LogP contribution in [-0.2, 0) is 11.4 Å². The van der Waals surface area contributed by atoms with E-state index in [1.165, 1.54) is 12.8 Å². The molecule has 1 aromatic carbocycles. The number of nitrogens with zero attached hydrogens (tertiary/aromatic N) is 2. The number of hydrogen-bond acceptors (Lipinski definition) is 3. The molecule has 1 aliphatic carbocycles.